The maximum absolute atomic E-state index is 12.6. The number of likely N-dealkylation sites (tertiary alicyclic amines) is 1. The first kappa shape index (κ1) is 17.9. The molecule has 25 heavy (non-hydrogen) atoms. The number of ether oxygens (including phenoxy) is 1. The fourth-order valence-corrected chi connectivity index (χ4v) is 5.17. The van der Waals surface area contributed by atoms with Crippen LogP contribution in [0.2, 0.25) is 0 Å². The van der Waals surface area contributed by atoms with E-state index in [0.717, 1.165) is 5.56 Å². The van der Waals surface area contributed by atoms with Gasteiger partial charge in [-0.2, -0.15) is 0 Å². The SMILES string of the molecule is COCc1ccccc1NC(=O)C1CC(=O)N(C2CCS(=O)(=O)C2)C1. The third-order valence-corrected chi connectivity index (χ3v) is 6.50. The topological polar surface area (TPSA) is 92.8 Å². The Kier molecular flexibility index (Phi) is 5.10. The number of hydrogen-bond acceptors (Lipinski definition) is 5. The van der Waals surface area contributed by atoms with Gasteiger partial charge in [-0.15, -0.1) is 0 Å². The van der Waals surface area contributed by atoms with E-state index >= 15 is 0 Å². The molecule has 1 aromatic carbocycles. The van der Waals surface area contributed by atoms with Gasteiger partial charge in [0.2, 0.25) is 11.8 Å². The molecule has 2 amide bonds. The molecule has 2 aliphatic rings. The fraction of sp³-hybridized carbons (Fsp3) is 0.529. The van der Waals surface area contributed by atoms with Crippen molar-refractivity contribution in [2.45, 2.75) is 25.5 Å². The Morgan fingerprint density at radius 3 is 2.80 bits per heavy atom. The molecule has 0 aliphatic carbocycles. The highest BCUT2D eigenvalue weighted by molar-refractivity contribution is 7.91. The summed E-state index contributed by atoms with van der Waals surface area (Å²) in [5.41, 5.74) is 1.53. The molecule has 8 heteroatoms. The van der Waals surface area contributed by atoms with Crippen LogP contribution in [0.25, 0.3) is 0 Å². The van der Waals surface area contributed by atoms with Crippen LogP contribution < -0.4 is 5.32 Å². The minimum Gasteiger partial charge on any atom is -0.380 e. The van der Waals surface area contributed by atoms with Gasteiger partial charge in [0.1, 0.15) is 0 Å². The lowest BCUT2D eigenvalue weighted by atomic mass is 10.1. The van der Waals surface area contributed by atoms with Crippen LogP contribution in [0.3, 0.4) is 0 Å². The summed E-state index contributed by atoms with van der Waals surface area (Å²) in [7, 11) is -1.48. The van der Waals surface area contributed by atoms with Crippen LogP contribution >= 0.6 is 0 Å². The van der Waals surface area contributed by atoms with Crippen LogP contribution in [0.5, 0.6) is 0 Å². The van der Waals surface area contributed by atoms with Gasteiger partial charge in [0, 0.05) is 37.4 Å². The van der Waals surface area contributed by atoms with Crippen molar-refractivity contribution < 1.29 is 22.7 Å². The lowest BCUT2D eigenvalue weighted by molar-refractivity contribution is -0.129. The second-order valence-corrected chi connectivity index (χ2v) is 8.81. The number of hydrogen-bond donors (Lipinski definition) is 1. The van der Waals surface area contributed by atoms with E-state index in [-0.39, 0.29) is 42.3 Å². The Morgan fingerprint density at radius 2 is 2.12 bits per heavy atom. The Balaban J connectivity index is 1.65. The molecule has 3 rings (SSSR count). The largest absolute Gasteiger partial charge is 0.380 e. The van der Waals surface area contributed by atoms with Crippen molar-refractivity contribution in [3.63, 3.8) is 0 Å². The van der Waals surface area contributed by atoms with Crippen LogP contribution in [0.15, 0.2) is 24.3 Å². The molecule has 0 spiro atoms. The molecular weight excluding hydrogens is 344 g/mol. The zero-order valence-corrected chi connectivity index (χ0v) is 14.9. The monoisotopic (exact) mass is 366 g/mol. The van der Waals surface area contributed by atoms with Crippen molar-refractivity contribution in [1.82, 2.24) is 4.90 Å². The predicted molar refractivity (Wildman–Crippen MR) is 92.7 cm³/mol. The van der Waals surface area contributed by atoms with Gasteiger partial charge in [-0.3, -0.25) is 9.59 Å². The van der Waals surface area contributed by atoms with Gasteiger partial charge in [-0.1, -0.05) is 18.2 Å². The van der Waals surface area contributed by atoms with E-state index in [1.54, 1.807) is 18.1 Å². The third-order valence-electron chi connectivity index (χ3n) is 4.75. The number of amides is 2. The van der Waals surface area contributed by atoms with E-state index in [9.17, 15) is 18.0 Å². The summed E-state index contributed by atoms with van der Waals surface area (Å²) >= 11 is 0. The van der Waals surface area contributed by atoms with E-state index in [2.05, 4.69) is 5.32 Å². The zero-order valence-electron chi connectivity index (χ0n) is 14.1. The van der Waals surface area contributed by atoms with E-state index in [4.69, 9.17) is 4.74 Å². The molecule has 2 fully saturated rings. The van der Waals surface area contributed by atoms with Gasteiger partial charge < -0.3 is 15.0 Å². The number of benzene rings is 1. The van der Waals surface area contributed by atoms with Crippen LogP contribution in [0.4, 0.5) is 5.69 Å². The highest BCUT2D eigenvalue weighted by Crippen LogP contribution is 2.27. The predicted octanol–water partition coefficient (Wildman–Crippen LogP) is 0.807. The summed E-state index contributed by atoms with van der Waals surface area (Å²) in [6, 6.07) is 7.06. The van der Waals surface area contributed by atoms with E-state index in [0.29, 0.717) is 18.7 Å². The first-order valence-electron chi connectivity index (χ1n) is 8.27. The maximum Gasteiger partial charge on any atom is 0.229 e. The molecule has 2 heterocycles. The molecule has 1 aromatic rings. The minimum atomic E-state index is -3.06. The lowest BCUT2D eigenvalue weighted by Crippen LogP contribution is -2.38. The zero-order chi connectivity index (χ0) is 18.0. The number of carbonyl (C=O) groups is 2. The maximum atomic E-state index is 12.6. The molecular formula is C17H22N2O5S. The average Bonchev–Trinajstić information content (AvgIpc) is 3.12. The number of nitrogens with one attached hydrogen (secondary N) is 1. The molecule has 0 radical (unpaired) electrons. The number of methoxy groups -OCH3 is 1. The fourth-order valence-electron chi connectivity index (χ4n) is 3.44. The standard InChI is InChI=1S/C17H22N2O5S/c1-24-10-12-4-2-3-5-15(12)18-17(21)13-8-16(20)19(9-13)14-6-7-25(22,23)11-14/h2-5,13-14H,6-11H2,1H3,(H,18,21). The Morgan fingerprint density at radius 1 is 1.36 bits per heavy atom. The normalized spacial score (nSPS) is 25.3. The van der Waals surface area contributed by atoms with Gasteiger partial charge in [0.15, 0.2) is 9.84 Å². The van der Waals surface area contributed by atoms with E-state index in [1.807, 2.05) is 18.2 Å². The highest BCUT2D eigenvalue weighted by atomic mass is 32.2. The number of nitrogens with zero attached hydrogens (tertiary/aromatic N) is 1. The number of sulfone groups is 1. The molecule has 2 aliphatic heterocycles. The van der Waals surface area contributed by atoms with Crippen molar-refractivity contribution >= 4 is 27.3 Å². The molecule has 2 saturated heterocycles. The summed E-state index contributed by atoms with van der Waals surface area (Å²) in [5.74, 6) is -0.717. The number of carbonyl (C=O) groups excluding carboxylic acids is 2. The second-order valence-electron chi connectivity index (χ2n) is 6.58. The molecule has 2 unspecified atom stereocenters. The van der Waals surface area contributed by atoms with E-state index < -0.39 is 15.8 Å². The first-order valence-corrected chi connectivity index (χ1v) is 10.1. The van der Waals surface area contributed by atoms with Gasteiger partial charge >= 0.3 is 0 Å². The first-order chi connectivity index (χ1) is 11.9. The summed E-state index contributed by atoms with van der Waals surface area (Å²) in [4.78, 5) is 26.4. The van der Waals surface area contributed by atoms with Crippen molar-refractivity contribution in [2.75, 3.05) is 30.5 Å². The highest BCUT2D eigenvalue weighted by Gasteiger charge is 2.41. The Hall–Kier alpha value is -1.93. The van der Waals surface area contributed by atoms with E-state index in [1.165, 1.54) is 0 Å². The lowest BCUT2D eigenvalue weighted by Gasteiger charge is -2.23. The quantitative estimate of drug-likeness (QED) is 0.832. The number of rotatable bonds is 5. The second kappa shape index (κ2) is 7.13. The Bertz CT molecular complexity index is 777. The summed E-state index contributed by atoms with van der Waals surface area (Å²) in [6.07, 6.45) is 0.577. The molecule has 2 atom stereocenters. The summed E-state index contributed by atoms with van der Waals surface area (Å²) in [6.45, 7) is 0.656. The van der Waals surface area contributed by atoms with Crippen molar-refractivity contribution in [3.05, 3.63) is 29.8 Å². The summed E-state index contributed by atoms with van der Waals surface area (Å²) < 4.78 is 28.4. The van der Waals surface area contributed by atoms with Crippen molar-refractivity contribution in [2.24, 2.45) is 5.92 Å². The molecule has 0 aromatic heterocycles. The average molecular weight is 366 g/mol. The minimum absolute atomic E-state index is 0.00372. The van der Waals surface area contributed by atoms with Crippen LogP contribution in [-0.2, 0) is 30.8 Å². The number of para-hydroxylation sites is 1. The number of anilines is 1. The van der Waals surface area contributed by atoms with Gasteiger partial charge in [-0.25, -0.2) is 8.42 Å². The van der Waals surface area contributed by atoms with Crippen LogP contribution in [0, 0.1) is 5.92 Å². The van der Waals surface area contributed by atoms with Crippen molar-refractivity contribution in [3.8, 4) is 0 Å². The molecule has 0 bridgehead atoms. The summed E-state index contributed by atoms with van der Waals surface area (Å²) in [5, 5.41) is 2.87. The van der Waals surface area contributed by atoms with Crippen LogP contribution in [-0.4, -0.2) is 56.3 Å². The van der Waals surface area contributed by atoms with Gasteiger partial charge in [-0.05, 0) is 12.5 Å². The Labute approximate surface area is 147 Å². The molecule has 1 N–H and O–H groups in total. The molecule has 136 valence electrons. The van der Waals surface area contributed by atoms with Crippen LogP contribution in [0.1, 0.15) is 18.4 Å². The van der Waals surface area contributed by atoms with Crippen molar-refractivity contribution in [1.29, 1.82) is 0 Å². The smallest absolute Gasteiger partial charge is 0.229 e. The third kappa shape index (κ3) is 4.01. The van der Waals surface area contributed by atoms with Gasteiger partial charge in [0.05, 0.1) is 24.0 Å². The molecule has 0 saturated carbocycles. The van der Waals surface area contributed by atoms with Gasteiger partial charge in [0.25, 0.3) is 0 Å². The molecule has 7 nitrogen and oxygen atoms in total.